The van der Waals surface area contributed by atoms with Gasteiger partial charge in [0.05, 0.1) is 0 Å². The number of nitrogens with zero attached hydrogens (tertiary/aromatic N) is 3. The third-order valence-corrected chi connectivity index (χ3v) is 5.78. The van der Waals surface area contributed by atoms with Gasteiger partial charge in [0.25, 0.3) is 5.91 Å². The fourth-order valence-electron chi connectivity index (χ4n) is 4.19. The molecule has 31 heavy (non-hydrogen) atoms. The second-order valence-electron chi connectivity index (χ2n) is 7.99. The lowest BCUT2D eigenvalue weighted by Gasteiger charge is -2.21. The molecule has 7 nitrogen and oxygen atoms in total. The SMILES string of the molecule is Cc1cc(-c2ccc(N)nc2)cc([C@@H]2CCN(C(=O)c3ccc4c(c3)OCCO4)C2)n1. The summed E-state index contributed by atoms with van der Waals surface area (Å²) in [4.78, 5) is 23.9. The molecule has 1 saturated heterocycles. The molecule has 2 aromatic heterocycles. The zero-order chi connectivity index (χ0) is 21.4. The largest absolute Gasteiger partial charge is 0.486 e. The highest BCUT2D eigenvalue weighted by molar-refractivity contribution is 5.95. The Morgan fingerprint density at radius 3 is 2.71 bits per heavy atom. The Bertz CT molecular complexity index is 1130. The number of hydrogen-bond acceptors (Lipinski definition) is 6. The number of pyridine rings is 2. The van der Waals surface area contributed by atoms with Crippen molar-refractivity contribution in [2.24, 2.45) is 0 Å². The van der Waals surface area contributed by atoms with E-state index in [2.05, 4.69) is 11.1 Å². The number of nitrogens with two attached hydrogens (primary N) is 1. The predicted octanol–water partition coefficient (Wildman–Crippen LogP) is 3.44. The number of rotatable bonds is 3. The fraction of sp³-hybridized carbons (Fsp3) is 0.292. The molecule has 1 atom stereocenters. The minimum Gasteiger partial charge on any atom is -0.486 e. The third kappa shape index (κ3) is 3.91. The van der Waals surface area contributed by atoms with E-state index >= 15 is 0 Å². The molecular weight excluding hydrogens is 392 g/mol. The topological polar surface area (TPSA) is 90.6 Å². The zero-order valence-electron chi connectivity index (χ0n) is 17.4. The molecule has 1 amide bonds. The fourth-order valence-corrected chi connectivity index (χ4v) is 4.19. The van der Waals surface area contributed by atoms with Crippen LogP contribution in [0.5, 0.6) is 11.5 Å². The number of aryl methyl sites for hydroxylation is 1. The van der Waals surface area contributed by atoms with E-state index in [1.54, 1.807) is 24.4 Å². The summed E-state index contributed by atoms with van der Waals surface area (Å²) in [7, 11) is 0. The lowest BCUT2D eigenvalue weighted by molar-refractivity contribution is 0.0789. The Hall–Kier alpha value is -3.61. The molecule has 1 fully saturated rings. The van der Waals surface area contributed by atoms with Crippen LogP contribution >= 0.6 is 0 Å². The van der Waals surface area contributed by atoms with E-state index in [0.717, 1.165) is 28.9 Å². The summed E-state index contributed by atoms with van der Waals surface area (Å²) in [5.74, 6) is 2.03. The summed E-state index contributed by atoms with van der Waals surface area (Å²) in [5.41, 5.74) is 10.4. The number of benzene rings is 1. The van der Waals surface area contributed by atoms with Crippen molar-refractivity contribution >= 4 is 11.7 Å². The van der Waals surface area contributed by atoms with Crippen LogP contribution in [0, 0.1) is 6.92 Å². The Morgan fingerprint density at radius 2 is 1.90 bits per heavy atom. The van der Waals surface area contributed by atoms with Crippen molar-refractivity contribution in [1.29, 1.82) is 0 Å². The number of carbonyl (C=O) groups is 1. The van der Waals surface area contributed by atoms with Crippen molar-refractivity contribution in [2.45, 2.75) is 19.3 Å². The number of likely N-dealkylation sites (tertiary alicyclic amines) is 1. The molecule has 0 unspecified atom stereocenters. The smallest absolute Gasteiger partial charge is 0.254 e. The number of anilines is 1. The predicted molar refractivity (Wildman–Crippen MR) is 117 cm³/mol. The molecule has 2 aliphatic heterocycles. The van der Waals surface area contributed by atoms with Gasteiger partial charge in [-0.1, -0.05) is 0 Å². The van der Waals surface area contributed by atoms with Gasteiger partial charge >= 0.3 is 0 Å². The van der Waals surface area contributed by atoms with Crippen LogP contribution < -0.4 is 15.2 Å². The maximum atomic E-state index is 13.1. The van der Waals surface area contributed by atoms with Crippen LogP contribution in [0.25, 0.3) is 11.1 Å². The molecule has 0 spiro atoms. The van der Waals surface area contributed by atoms with Gasteiger partial charge in [0, 0.05) is 47.7 Å². The summed E-state index contributed by atoms with van der Waals surface area (Å²) in [6.45, 7) is 4.37. The van der Waals surface area contributed by atoms with Gasteiger partial charge < -0.3 is 20.1 Å². The van der Waals surface area contributed by atoms with Crippen molar-refractivity contribution in [2.75, 3.05) is 32.0 Å². The second-order valence-corrected chi connectivity index (χ2v) is 7.99. The quantitative estimate of drug-likeness (QED) is 0.703. The van der Waals surface area contributed by atoms with Crippen molar-refractivity contribution in [3.63, 3.8) is 0 Å². The lowest BCUT2D eigenvalue weighted by Crippen LogP contribution is -2.28. The molecule has 0 radical (unpaired) electrons. The van der Waals surface area contributed by atoms with Gasteiger partial charge in [0.15, 0.2) is 11.5 Å². The minimum atomic E-state index is 0.00934. The molecule has 158 valence electrons. The highest BCUT2D eigenvalue weighted by Crippen LogP contribution is 2.33. The van der Waals surface area contributed by atoms with Crippen LogP contribution in [0.15, 0.2) is 48.7 Å². The molecule has 0 bridgehead atoms. The highest BCUT2D eigenvalue weighted by atomic mass is 16.6. The Balaban J connectivity index is 1.34. The van der Waals surface area contributed by atoms with E-state index < -0.39 is 0 Å². The summed E-state index contributed by atoms with van der Waals surface area (Å²) in [5, 5.41) is 0. The van der Waals surface area contributed by atoms with E-state index in [4.69, 9.17) is 20.2 Å². The van der Waals surface area contributed by atoms with Crippen molar-refractivity contribution in [3.05, 3.63) is 65.6 Å². The van der Waals surface area contributed by atoms with E-state index in [0.29, 0.717) is 49.2 Å². The van der Waals surface area contributed by atoms with E-state index in [-0.39, 0.29) is 11.8 Å². The standard InChI is InChI=1S/C24H24N4O3/c1-15-10-19(17-3-5-23(25)26-13-17)11-20(27-15)18-6-7-28(14-18)24(29)16-2-4-21-22(12-16)31-9-8-30-21/h2-5,10-13,18H,6-9,14H2,1H3,(H2,25,26)/t18-/m1/s1. The first-order valence-electron chi connectivity index (χ1n) is 10.5. The summed E-state index contributed by atoms with van der Waals surface area (Å²) >= 11 is 0. The number of hydrogen-bond donors (Lipinski definition) is 1. The van der Waals surface area contributed by atoms with Gasteiger partial charge in [-0.25, -0.2) is 4.98 Å². The van der Waals surface area contributed by atoms with Crippen LogP contribution in [0.4, 0.5) is 5.82 Å². The lowest BCUT2D eigenvalue weighted by atomic mass is 9.99. The van der Waals surface area contributed by atoms with Crippen molar-refractivity contribution < 1.29 is 14.3 Å². The molecule has 1 aromatic carbocycles. The molecule has 0 aliphatic carbocycles. The van der Waals surface area contributed by atoms with Crippen LogP contribution in [0.1, 0.15) is 34.1 Å². The van der Waals surface area contributed by atoms with Gasteiger partial charge in [-0.05, 0) is 61.4 Å². The number of amides is 1. The molecule has 2 aliphatic rings. The first-order chi connectivity index (χ1) is 15.1. The van der Waals surface area contributed by atoms with E-state index in [1.807, 2.05) is 30.0 Å². The molecule has 2 N–H and O–H groups in total. The number of fused-ring (bicyclic) bond motifs is 1. The monoisotopic (exact) mass is 416 g/mol. The van der Waals surface area contributed by atoms with Gasteiger partial charge in [0.2, 0.25) is 0 Å². The van der Waals surface area contributed by atoms with Gasteiger partial charge in [-0.15, -0.1) is 0 Å². The van der Waals surface area contributed by atoms with E-state index in [9.17, 15) is 4.79 Å². The Kier molecular flexibility index (Phi) is 4.94. The number of aromatic nitrogens is 2. The molecule has 0 saturated carbocycles. The number of ether oxygens (including phenoxy) is 2. The average molecular weight is 416 g/mol. The van der Waals surface area contributed by atoms with Gasteiger partial charge in [-0.2, -0.15) is 0 Å². The molecule has 3 aromatic rings. The third-order valence-electron chi connectivity index (χ3n) is 5.78. The minimum absolute atomic E-state index is 0.00934. The van der Waals surface area contributed by atoms with Crippen molar-refractivity contribution in [3.8, 4) is 22.6 Å². The molecular formula is C24H24N4O3. The summed E-state index contributed by atoms with van der Waals surface area (Å²) in [6, 6.07) is 13.3. The van der Waals surface area contributed by atoms with E-state index in [1.165, 1.54) is 0 Å². The van der Waals surface area contributed by atoms with Gasteiger partial charge in [-0.3, -0.25) is 9.78 Å². The Morgan fingerprint density at radius 1 is 1.06 bits per heavy atom. The number of nitrogen functional groups attached to an aromatic ring is 1. The normalized spacial score (nSPS) is 17.6. The van der Waals surface area contributed by atoms with Crippen LogP contribution in [-0.2, 0) is 0 Å². The molecule has 5 rings (SSSR count). The Labute approximate surface area is 180 Å². The van der Waals surface area contributed by atoms with Crippen LogP contribution in [0.3, 0.4) is 0 Å². The zero-order valence-corrected chi connectivity index (χ0v) is 17.4. The first kappa shape index (κ1) is 19.4. The van der Waals surface area contributed by atoms with Crippen molar-refractivity contribution in [1.82, 2.24) is 14.9 Å². The maximum absolute atomic E-state index is 13.1. The summed E-state index contributed by atoms with van der Waals surface area (Å²) < 4.78 is 11.2. The molecule has 4 heterocycles. The second kappa shape index (κ2) is 7.91. The average Bonchev–Trinajstić information content (AvgIpc) is 3.29. The number of carbonyl (C=O) groups excluding carboxylic acids is 1. The summed E-state index contributed by atoms with van der Waals surface area (Å²) in [6.07, 6.45) is 2.66. The van der Waals surface area contributed by atoms with Crippen LogP contribution in [-0.4, -0.2) is 47.1 Å². The van der Waals surface area contributed by atoms with Gasteiger partial charge in [0.1, 0.15) is 19.0 Å². The highest BCUT2D eigenvalue weighted by Gasteiger charge is 2.30. The first-order valence-corrected chi connectivity index (χ1v) is 10.5. The van der Waals surface area contributed by atoms with Crippen LogP contribution in [0.2, 0.25) is 0 Å². The molecule has 7 heteroatoms. The maximum Gasteiger partial charge on any atom is 0.254 e.